The van der Waals surface area contributed by atoms with Gasteiger partial charge in [0.05, 0.1) is 10.8 Å². The van der Waals surface area contributed by atoms with Crippen LogP contribution in [-0.2, 0) is 10.3 Å². The van der Waals surface area contributed by atoms with E-state index in [1.54, 1.807) is 0 Å². The third-order valence-corrected chi connectivity index (χ3v) is 8.64. The molecule has 0 bridgehead atoms. The first-order valence-corrected chi connectivity index (χ1v) is 13.1. The van der Waals surface area contributed by atoms with Gasteiger partial charge < -0.3 is 4.90 Å². The van der Waals surface area contributed by atoms with Crippen LogP contribution >= 0.6 is 12.6 Å². The molecule has 31 heavy (non-hydrogen) atoms. The Kier molecular flexibility index (Phi) is 7.91. The first kappa shape index (κ1) is 23.0. The molecule has 0 aromatic carbocycles. The summed E-state index contributed by atoms with van der Waals surface area (Å²) in [5.74, 6) is 1.09. The van der Waals surface area contributed by atoms with Crippen molar-refractivity contribution in [2.75, 3.05) is 18.4 Å². The quantitative estimate of drug-likeness (QED) is 0.604. The monoisotopic (exact) mass is 448 g/mol. The van der Waals surface area contributed by atoms with Gasteiger partial charge in [0.1, 0.15) is 0 Å². The third-order valence-electron chi connectivity index (χ3n) is 8.04. The second-order valence-corrected chi connectivity index (χ2v) is 10.7. The zero-order valence-electron chi connectivity index (χ0n) is 19.1. The number of carbonyl (C=O) groups excluding carboxylic acids is 1. The highest BCUT2D eigenvalue weighted by Gasteiger charge is 2.40. The maximum Gasteiger partial charge on any atom is 0.250 e. The zero-order chi connectivity index (χ0) is 21.7. The highest BCUT2D eigenvalue weighted by atomic mass is 32.1. The summed E-state index contributed by atoms with van der Waals surface area (Å²) in [5.41, 5.74) is -0.0691. The molecule has 2 heterocycles. The minimum Gasteiger partial charge on any atom is -0.300 e. The van der Waals surface area contributed by atoms with Gasteiger partial charge in [0.15, 0.2) is 0 Å². The molecule has 0 radical (unpaired) electrons. The van der Waals surface area contributed by atoms with E-state index >= 15 is 0 Å². The number of nitrogens with one attached hydrogen (secondary N) is 1. The van der Waals surface area contributed by atoms with Gasteiger partial charge >= 0.3 is 0 Å². The number of thiol groups is 1. The fourth-order valence-electron chi connectivity index (χ4n) is 6.18. The summed E-state index contributed by atoms with van der Waals surface area (Å²) in [6, 6.07) is 0.826. The van der Waals surface area contributed by atoms with Crippen LogP contribution in [0.25, 0.3) is 0 Å². The van der Waals surface area contributed by atoms with Gasteiger partial charge in [-0.25, -0.2) is 4.68 Å². The molecule has 1 aromatic rings. The Balaban J connectivity index is 1.43. The Hall–Kier alpha value is -1.15. The summed E-state index contributed by atoms with van der Waals surface area (Å²) in [6.07, 6.45) is 17.3. The zero-order valence-corrected chi connectivity index (χ0v) is 20.0. The van der Waals surface area contributed by atoms with E-state index in [0.29, 0.717) is 18.3 Å². The summed E-state index contributed by atoms with van der Waals surface area (Å²) < 4.78 is 1.97. The van der Waals surface area contributed by atoms with Gasteiger partial charge in [-0.2, -0.15) is 12.6 Å². The van der Waals surface area contributed by atoms with Gasteiger partial charge in [0.25, 0.3) is 0 Å². The fourth-order valence-corrected chi connectivity index (χ4v) is 6.25. The van der Waals surface area contributed by atoms with E-state index < -0.39 is 0 Å². The van der Waals surface area contributed by atoms with Crippen molar-refractivity contribution in [1.29, 1.82) is 0 Å². The van der Waals surface area contributed by atoms with Crippen LogP contribution in [0.4, 0.5) is 5.95 Å². The number of hydrogen-bond donors (Lipinski definition) is 2. The second-order valence-electron chi connectivity index (χ2n) is 10.1. The maximum absolute atomic E-state index is 12.5. The summed E-state index contributed by atoms with van der Waals surface area (Å²) in [4.78, 5) is 15.2. The van der Waals surface area contributed by atoms with Crippen molar-refractivity contribution in [2.45, 2.75) is 114 Å². The minimum atomic E-state index is -0.337. The molecular weight excluding hydrogens is 408 g/mol. The first-order valence-electron chi connectivity index (χ1n) is 12.6. The fraction of sp³-hybridized carbons (Fsp3) is 0.913. The van der Waals surface area contributed by atoms with E-state index in [2.05, 4.69) is 38.4 Å². The normalized spacial score (nSPS) is 24.7. The van der Waals surface area contributed by atoms with Crippen molar-refractivity contribution in [3.63, 3.8) is 0 Å². The molecule has 1 N–H and O–H groups in total. The lowest BCUT2D eigenvalue weighted by molar-refractivity contribution is -0.115. The predicted octanol–water partition coefficient (Wildman–Crippen LogP) is 4.41. The summed E-state index contributed by atoms with van der Waals surface area (Å²) in [6.45, 7) is 4.44. The molecule has 1 atom stereocenters. The van der Waals surface area contributed by atoms with Crippen LogP contribution in [0.3, 0.4) is 0 Å². The maximum atomic E-state index is 12.5. The number of hydrogen-bond acceptors (Lipinski definition) is 6. The van der Waals surface area contributed by atoms with Crippen molar-refractivity contribution in [1.82, 2.24) is 25.1 Å². The van der Waals surface area contributed by atoms with E-state index in [4.69, 9.17) is 0 Å². The standard InChI is InChI=1S/C23H40N6OS/c1-2-20(31)21(30)24-22-25-26-27-29(22)23(13-7-4-8-14-23)17-18-11-15-28(16-12-18)19-9-5-3-6-10-19/h18-20,31H,2-17H2,1H3,(H,24,25,27,30). The van der Waals surface area contributed by atoms with Gasteiger partial charge in [-0.05, 0) is 80.8 Å². The number of anilines is 1. The molecule has 3 aliphatic rings. The van der Waals surface area contributed by atoms with Crippen molar-refractivity contribution in [3.8, 4) is 0 Å². The van der Waals surface area contributed by atoms with Crippen LogP contribution in [0, 0.1) is 5.92 Å². The number of aromatic nitrogens is 4. The Morgan fingerprint density at radius 3 is 2.45 bits per heavy atom. The van der Waals surface area contributed by atoms with E-state index in [0.717, 1.165) is 25.3 Å². The minimum absolute atomic E-state index is 0.0691. The largest absolute Gasteiger partial charge is 0.300 e. The SMILES string of the molecule is CCC(S)C(=O)Nc1nnnn1C1(CC2CCN(C3CCCCC3)CC2)CCCCC1. The Morgan fingerprint density at radius 1 is 1.10 bits per heavy atom. The van der Waals surface area contributed by atoms with Gasteiger partial charge in [-0.15, -0.1) is 0 Å². The van der Waals surface area contributed by atoms with Crippen LogP contribution < -0.4 is 5.32 Å². The number of nitrogens with zero attached hydrogens (tertiary/aromatic N) is 5. The number of piperidine rings is 1. The van der Waals surface area contributed by atoms with Crippen molar-refractivity contribution < 1.29 is 4.79 Å². The topological polar surface area (TPSA) is 75.9 Å². The van der Waals surface area contributed by atoms with Crippen molar-refractivity contribution in [2.24, 2.45) is 5.92 Å². The average molecular weight is 449 g/mol. The van der Waals surface area contributed by atoms with Gasteiger partial charge in [-0.1, -0.05) is 50.5 Å². The smallest absolute Gasteiger partial charge is 0.250 e. The Labute approximate surface area is 192 Å². The molecule has 8 heteroatoms. The lowest BCUT2D eigenvalue weighted by Gasteiger charge is -2.44. The lowest BCUT2D eigenvalue weighted by atomic mass is 9.73. The van der Waals surface area contributed by atoms with E-state index in [-0.39, 0.29) is 16.7 Å². The van der Waals surface area contributed by atoms with Crippen LogP contribution in [0.2, 0.25) is 0 Å². The summed E-state index contributed by atoms with van der Waals surface area (Å²) in [5, 5.41) is 15.2. The lowest BCUT2D eigenvalue weighted by Crippen LogP contribution is -2.45. The molecule has 1 unspecified atom stereocenters. The Bertz CT molecular complexity index is 705. The molecule has 2 aliphatic carbocycles. The molecule has 1 aliphatic heterocycles. The van der Waals surface area contributed by atoms with Crippen LogP contribution in [0.15, 0.2) is 0 Å². The molecule has 0 spiro atoms. The van der Waals surface area contributed by atoms with Crippen LogP contribution in [-0.4, -0.2) is 55.4 Å². The van der Waals surface area contributed by atoms with Gasteiger partial charge in [0.2, 0.25) is 11.9 Å². The first-order chi connectivity index (χ1) is 15.1. The van der Waals surface area contributed by atoms with Gasteiger partial charge in [-0.3, -0.25) is 10.1 Å². The number of rotatable bonds is 7. The molecule has 4 rings (SSSR count). The van der Waals surface area contributed by atoms with Crippen LogP contribution in [0.5, 0.6) is 0 Å². The summed E-state index contributed by atoms with van der Waals surface area (Å²) >= 11 is 4.38. The van der Waals surface area contributed by atoms with E-state index in [1.807, 2.05) is 11.6 Å². The molecule has 7 nitrogen and oxygen atoms in total. The molecule has 2 saturated carbocycles. The molecule has 1 saturated heterocycles. The summed E-state index contributed by atoms with van der Waals surface area (Å²) in [7, 11) is 0. The average Bonchev–Trinajstić information content (AvgIpc) is 3.29. The Morgan fingerprint density at radius 2 is 1.77 bits per heavy atom. The van der Waals surface area contributed by atoms with Crippen molar-refractivity contribution >= 4 is 24.5 Å². The second kappa shape index (κ2) is 10.6. The number of carbonyl (C=O) groups is 1. The third kappa shape index (κ3) is 5.44. The molecule has 3 fully saturated rings. The predicted molar refractivity (Wildman–Crippen MR) is 126 cm³/mol. The van der Waals surface area contributed by atoms with E-state index in [1.165, 1.54) is 77.3 Å². The number of tetrazole rings is 1. The highest BCUT2D eigenvalue weighted by Crippen LogP contribution is 2.43. The van der Waals surface area contributed by atoms with Crippen molar-refractivity contribution in [3.05, 3.63) is 0 Å². The van der Waals surface area contributed by atoms with Crippen LogP contribution in [0.1, 0.15) is 96.8 Å². The highest BCUT2D eigenvalue weighted by molar-refractivity contribution is 7.81. The molecule has 1 amide bonds. The number of likely N-dealkylation sites (tertiary alicyclic amines) is 1. The molecule has 174 valence electrons. The van der Waals surface area contributed by atoms with Gasteiger partial charge in [0, 0.05) is 6.04 Å². The molecular formula is C23H40N6OS. The number of amides is 1. The molecule has 1 aromatic heterocycles. The van der Waals surface area contributed by atoms with E-state index in [9.17, 15) is 4.79 Å².